The van der Waals surface area contributed by atoms with Gasteiger partial charge in [0.15, 0.2) is 11.5 Å². The lowest BCUT2D eigenvalue weighted by Crippen LogP contribution is -2.61. The molecule has 2 amide bonds. The van der Waals surface area contributed by atoms with Crippen molar-refractivity contribution in [2.24, 2.45) is 22.9 Å². The minimum atomic E-state index is -0.250. The zero-order valence-corrected chi connectivity index (χ0v) is 16.4. The Labute approximate surface area is 161 Å². The zero-order valence-electron chi connectivity index (χ0n) is 14.8. The fourth-order valence-electron chi connectivity index (χ4n) is 5.57. The first kappa shape index (κ1) is 17.6. The van der Waals surface area contributed by atoms with Crippen LogP contribution in [0, 0.1) is 17.8 Å². The molecule has 4 fully saturated rings. The number of amides is 2. The number of nitrogens with zero attached hydrogens (tertiary/aromatic N) is 1. The number of benzene rings is 1. The molecule has 4 bridgehead atoms. The number of rotatable bonds is 4. The summed E-state index contributed by atoms with van der Waals surface area (Å²) < 4.78 is 5.71. The molecule has 0 spiro atoms. The molecule has 0 radical (unpaired) electrons. The average molecular weight is 422 g/mol. The summed E-state index contributed by atoms with van der Waals surface area (Å²) in [5, 5.41) is 17.1. The van der Waals surface area contributed by atoms with Gasteiger partial charge < -0.3 is 15.2 Å². The highest BCUT2D eigenvalue weighted by Gasteiger charge is 2.51. The molecule has 0 aliphatic heterocycles. The molecule has 4 saturated carbocycles. The molecule has 1 aromatic carbocycles. The summed E-state index contributed by atoms with van der Waals surface area (Å²) >= 11 is 3.34. The van der Waals surface area contributed by atoms with Crippen LogP contribution in [0.2, 0.25) is 0 Å². The van der Waals surface area contributed by atoms with E-state index < -0.39 is 0 Å². The quantitative estimate of drug-likeness (QED) is 0.510. The van der Waals surface area contributed by atoms with E-state index in [1.165, 1.54) is 38.7 Å². The lowest BCUT2D eigenvalue weighted by Gasteiger charge is -2.56. The molecular formula is C19H24BrN3O3. The molecule has 0 unspecified atom stereocenters. The number of carbonyl (C=O) groups is 1. The van der Waals surface area contributed by atoms with Gasteiger partial charge in [-0.25, -0.2) is 10.2 Å². The summed E-state index contributed by atoms with van der Waals surface area (Å²) in [6, 6.07) is 3.05. The number of hydrogen-bond donors (Lipinski definition) is 3. The zero-order chi connectivity index (χ0) is 18.3. The Kier molecular flexibility index (Phi) is 4.59. The lowest BCUT2D eigenvalue weighted by atomic mass is 9.53. The minimum Gasteiger partial charge on any atom is -0.504 e. The van der Waals surface area contributed by atoms with Crippen molar-refractivity contribution in [2.45, 2.75) is 44.1 Å². The second-order valence-corrected chi connectivity index (χ2v) is 8.93. The number of phenols is 1. The van der Waals surface area contributed by atoms with E-state index in [9.17, 15) is 9.90 Å². The van der Waals surface area contributed by atoms with Crippen LogP contribution in [0.3, 0.4) is 0 Å². The molecule has 7 heteroatoms. The smallest absolute Gasteiger partial charge is 0.335 e. The number of ether oxygens (including phenoxy) is 1. The average Bonchev–Trinajstić information content (AvgIpc) is 2.52. The van der Waals surface area contributed by atoms with Gasteiger partial charge in [-0.2, -0.15) is 5.10 Å². The van der Waals surface area contributed by atoms with E-state index in [-0.39, 0.29) is 17.3 Å². The first-order valence-electron chi connectivity index (χ1n) is 9.14. The molecule has 3 N–H and O–H groups in total. The number of aromatic hydroxyl groups is 1. The molecule has 0 saturated heterocycles. The van der Waals surface area contributed by atoms with Crippen molar-refractivity contribution >= 4 is 28.2 Å². The van der Waals surface area contributed by atoms with Crippen molar-refractivity contribution in [3.63, 3.8) is 0 Å². The standard InChI is InChI=1S/C19H24BrN3O3/c1-26-17-15(20)5-14(6-16(17)24)10-21-23-18(25)22-19-7-11-2-12(8-19)4-13(3-11)9-19/h5-6,10-13,24H,2-4,7-9H2,1H3,(H2,22,23,25)/b21-10+. The Balaban J connectivity index is 1.36. The van der Waals surface area contributed by atoms with E-state index in [0.717, 1.165) is 37.0 Å². The Morgan fingerprint density at radius 3 is 2.42 bits per heavy atom. The summed E-state index contributed by atoms with van der Waals surface area (Å²) in [7, 11) is 1.49. The third-order valence-electron chi connectivity index (χ3n) is 6.05. The largest absolute Gasteiger partial charge is 0.504 e. The van der Waals surface area contributed by atoms with Crippen LogP contribution in [0.15, 0.2) is 21.7 Å². The predicted octanol–water partition coefficient (Wildman–Crippen LogP) is 3.77. The van der Waals surface area contributed by atoms with Crippen LogP contribution < -0.4 is 15.5 Å². The molecule has 0 aromatic heterocycles. The van der Waals surface area contributed by atoms with Crippen molar-refractivity contribution in [3.8, 4) is 11.5 Å². The number of urea groups is 1. The maximum Gasteiger partial charge on any atom is 0.335 e. The summed E-state index contributed by atoms with van der Waals surface area (Å²) in [5.74, 6) is 2.73. The molecule has 140 valence electrons. The summed E-state index contributed by atoms with van der Waals surface area (Å²) in [5.41, 5.74) is 3.19. The third-order valence-corrected chi connectivity index (χ3v) is 6.64. The Hall–Kier alpha value is -1.76. The van der Waals surface area contributed by atoms with Gasteiger partial charge in [0.05, 0.1) is 17.8 Å². The molecule has 0 atom stereocenters. The molecule has 0 heterocycles. The monoisotopic (exact) mass is 421 g/mol. The molecular weight excluding hydrogens is 398 g/mol. The maximum absolute atomic E-state index is 12.3. The second kappa shape index (κ2) is 6.76. The highest BCUT2D eigenvalue weighted by Crippen LogP contribution is 2.55. The van der Waals surface area contributed by atoms with Crippen LogP contribution in [-0.4, -0.2) is 30.0 Å². The van der Waals surface area contributed by atoms with Gasteiger partial charge in [0.2, 0.25) is 0 Å². The minimum absolute atomic E-state index is 0.0151. The van der Waals surface area contributed by atoms with Crippen molar-refractivity contribution < 1.29 is 14.6 Å². The highest BCUT2D eigenvalue weighted by atomic mass is 79.9. The second-order valence-electron chi connectivity index (χ2n) is 8.08. The number of hydrogen-bond acceptors (Lipinski definition) is 4. The van der Waals surface area contributed by atoms with E-state index in [1.807, 2.05) is 0 Å². The normalized spacial score (nSPS) is 32.0. The van der Waals surface area contributed by atoms with E-state index in [0.29, 0.717) is 15.8 Å². The van der Waals surface area contributed by atoms with Crippen molar-refractivity contribution in [1.82, 2.24) is 10.7 Å². The third kappa shape index (κ3) is 3.41. The fraction of sp³-hybridized carbons (Fsp3) is 0.579. The van der Waals surface area contributed by atoms with Gasteiger partial charge in [0, 0.05) is 5.54 Å². The number of nitrogens with one attached hydrogen (secondary N) is 2. The molecule has 4 aliphatic carbocycles. The van der Waals surface area contributed by atoms with Crippen molar-refractivity contribution in [3.05, 3.63) is 22.2 Å². The summed E-state index contributed by atoms with van der Waals surface area (Å²) in [6.07, 6.45) is 8.85. The van der Waals surface area contributed by atoms with E-state index in [4.69, 9.17) is 4.74 Å². The van der Waals surface area contributed by atoms with Gasteiger partial charge in [-0.1, -0.05) is 0 Å². The van der Waals surface area contributed by atoms with Crippen molar-refractivity contribution in [2.75, 3.05) is 7.11 Å². The van der Waals surface area contributed by atoms with Gasteiger partial charge in [-0.15, -0.1) is 0 Å². The first-order chi connectivity index (χ1) is 12.5. The van der Waals surface area contributed by atoms with Crippen LogP contribution in [0.4, 0.5) is 4.79 Å². The van der Waals surface area contributed by atoms with Gasteiger partial charge in [-0.3, -0.25) is 0 Å². The molecule has 5 rings (SSSR count). The van der Waals surface area contributed by atoms with Gasteiger partial charge in [0.1, 0.15) is 0 Å². The fourth-order valence-corrected chi connectivity index (χ4v) is 6.20. The van der Waals surface area contributed by atoms with Crippen LogP contribution >= 0.6 is 15.9 Å². The van der Waals surface area contributed by atoms with Gasteiger partial charge >= 0.3 is 6.03 Å². The molecule has 6 nitrogen and oxygen atoms in total. The Morgan fingerprint density at radius 2 is 1.88 bits per heavy atom. The molecule has 4 aliphatic rings. The summed E-state index contributed by atoms with van der Waals surface area (Å²) in [6.45, 7) is 0. The number of carbonyl (C=O) groups excluding carboxylic acids is 1. The number of hydrazone groups is 1. The Morgan fingerprint density at radius 1 is 1.27 bits per heavy atom. The number of halogens is 1. The molecule has 1 aromatic rings. The SMILES string of the molecule is COc1c(O)cc(/C=N/NC(=O)NC23CC4CC(CC(C4)C2)C3)cc1Br. The van der Waals surface area contributed by atoms with Crippen LogP contribution in [0.5, 0.6) is 11.5 Å². The Bertz CT molecular complexity index is 691. The number of phenolic OH excluding ortho intramolecular Hbond substituents is 1. The van der Waals surface area contributed by atoms with Crippen LogP contribution in [0.25, 0.3) is 0 Å². The van der Waals surface area contributed by atoms with E-state index in [1.54, 1.807) is 6.07 Å². The predicted molar refractivity (Wildman–Crippen MR) is 103 cm³/mol. The van der Waals surface area contributed by atoms with Crippen molar-refractivity contribution in [1.29, 1.82) is 0 Å². The van der Waals surface area contributed by atoms with Crippen LogP contribution in [-0.2, 0) is 0 Å². The first-order valence-corrected chi connectivity index (χ1v) is 9.93. The maximum atomic E-state index is 12.3. The van der Waals surface area contributed by atoms with Gasteiger partial charge in [-0.05, 0) is 89.9 Å². The van der Waals surface area contributed by atoms with Crippen LogP contribution in [0.1, 0.15) is 44.1 Å². The van der Waals surface area contributed by atoms with E-state index in [2.05, 4.69) is 31.8 Å². The van der Waals surface area contributed by atoms with E-state index >= 15 is 0 Å². The number of methoxy groups -OCH3 is 1. The highest BCUT2D eigenvalue weighted by molar-refractivity contribution is 9.10. The molecule has 26 heavy (non-hydrogen) atoms. The summed E-state index contributed by atoms with van der Waals surface area (Å²) in [4.78, 5) is 12.3. The topological polar surface area (TPSA) is 83.0 Å². The lowest BCUT2D eigenvalue weighted by molar-refractivity contribution is -0.0135. The van der Waals surface area contributed by atoms with Gasteiger partial charge in [0.25, 0.3) is 0 Å².